The molecule has 3 heteroatoms. The first kappa shape index (κ1) is 45.7. The summed E-state index contributed by atoms with van der Waals surface area (Å²) in [6.07, 6.45) is 27.2. The predicted molar refractivity (Wildman–Crippen MR) is 262 cm³/mol. The van der Waals surface area contributed by atoms with Crippen LogP contribution < -0.4 is 25.4 Å². The second-order valence-electron chi connectivity index (χ2n) is 16.4. The van der Waals surface area contributed by atoms with Crippen LogP contribution in [0.1, 0.15) is 121 Å². The summed E-state index contributed by atoms with van der Waals surface area (Å²) in [7, 11) is -2.13. The fraction of sp³-hybridized carbons (Fsp3) is 0.393. The summed E-state index contributed by atoms with van der Waals surface area (Å²) in [5, 5.41) is 4.55. The van der Waals surface area contributed by atoms with Gasteiger partial charge in [-0.1, -0.05) is 76.2 Å². The molecular formula is C56H73O2P. The minimum absolute atomic E-state index is 0.734. The standard InChI is InChI=1S/C56H73O2P/c1-4-7-8-9-10-13-16-28-43-57-55-42-40-49(47-50(55)32-6-3)54-46-48(31-5-2)39-41-56(54)58-44-29-17-14-11-12-15-18-30-45-59(51-33-22-19-23-34-51,52-35-24-20-25-36-52)53-37-26-21-27-38-53/h5-6,19-27,33-42,46-47,59H,2-4,7-18,28-32,43-45H2,1H3. The molecule has 0 spiro atoms. The fourth-order valence-corrected chi connectivity index (χ4v) is 13.6. The number of unbranched alkanes of at least 4 members (excludes halogenated alkanes) is 14. The van der Waals surface area contributed by atoms with Gasteiger partial charge in [-0.2, -0.15) is 0 Å². The molecule has 0 aromatic heterocycles. The van der Waals surface area contributed by atoms with Gasteiger partial charge < -0.3 is 4.74 Å². The van der Waals surface area contributed by atoms with Gasteiger partial charge in [-0.25, -0.2) is 0 Å². The Balaban J connectivity index is 1.07. The summed E-state index contributed by atoms with van der Waals surface area (Å²) >= 11 is 0. The van der Waals surface area contributed by atoms with E-state index < -0.39 is 7.26 Å². The molecule has 0 atom stereocenters. The number of rotatable bonds is 30. The smallest absolute Gasteiger partial charge is 0.122 e. The molecule has 0 amide bonds. The molecule has 0 aliphatic carbocycles. The van der Waals surface area contributed by atoms with E-state index in [1.165, 1.54) is 129 Å². The van der Waals surface area contributed by atoms with Crippen LogP contribution in [0.4, 0.5) is 0 Å². The summed E-state index contributed by atoms with van der Waals surface area (Å²) in [5.41, 5.74) is 4.74. The molecule has 59 heavy (non-hydrogen) atoms. The SMILES string of the molecule is C=CCc1ccc(OCCCCCCCCCC[PH](c2ccccc2)(c2ccccc2)c2ccccc2)c(-c2ccc(OCCCCCCCCCC)c(CC=C)c2)c1. The maximum atomic E-state index is 6.52. The van der Waals surface area contributed by atoms with Crippen molar-refractivity contribution in [1.82, 2.24) is 0 Å². The Morgan fingerprint density at radius 2 is 0.915 bits per heavy atom. The van der Waals surface area contributed by atoms with E-state index >= 15 is 0 Å². The Hall–Kier alpha value is -4.39. The Kier molecular flexibility index (Phi) is 20.6. The number of hydrogen-bond acceptors (Lipinski definition) is 2. The van der Waals surface area contributed by atoms with Crippen LogP contribution in [-0.4, -0.2) is 19.4 Å². The molecule has 0 fully saturated rings. The van der Waals surface area contributed by atoms with Gasteiger partial charge >= 0.3 is 189 Å². The van der Waals surface area contributed by atoms with Crippen LogP contribution in [-0.2, 0) is 12.8 Å². The van der Waals surface area contributed by atoms with Crippen molar-refractivity contribution in [2.45, 2.75) is 122 Å². The number of benzene rings is 5. The van der Waals surface area contributed by atoms with Crippen LogP contribution in [0.3, 0.4) is 0 Å². The molecule has 314 valence electrons. The molecule has 0 heterocycles. The molecule has 0 saturated heterocycles. The van der Waals surface area contributed by atoms with E-state index in [1.54, 1.807) is 0 Å². The number of allylic oxidation sites excluding steroid dienone is 2. The van der Waals surface area contributed by atoms with Crippen molar-refractivity contribution in [3.05, 3.63) is 164 Å². The van der Waals surface area contributed by atoms with Crippen molar-refractivity contribution < 1.29 is 9.47 Å². The van der Waals surface area contributed by atoms with Crippen molar-refractivity contribution in [2.24, 2.45) is 0 Å². The van der Waals surface area contributed by atoms with Gasteiger partial charge in [0.2, 0.25) is 0 Å². The third kappa shape index (κ3) is 14.4. The Bertz CT molecular complexity index is 1800. The van der Waals surface area contributed by atoms with E-state index in [2.05, 4.69) is 147 Å². The molecule has 2 nitrogen and oxygen atoms in total. The molecule has 0 radical (unpaired) electrons. The Labute approximate surface area is 359 Å². The Morgan fingerprint density at radius 3 is 1.42 bits per heavy atom. The zero-order chi connectivity index (χ0) is 41.2. The molecule has 5 aromatic rings. The summed E-state index contributed by atoms with van der Waals surface area (Å²) < 4.78 is 12.8. The molecule has 5 aromatic carbocycles. The summed E-state index contributed by atoms with van der Waals surface area (Å²) in [5.74, 6) is 1.93. The third-order valence-corrected chi connectivity index (χ3v) is 17.0. The van der Waals surface area contributed by atoms with Crippen molar-refractivity contribution in [2.75, 3.05) is 19.4 Å². The molecule has 5 rings (SSSR count). The monoisotopic (exact) mass is 809 g/mol. The van der Waals surface area contributed by atoms with Gasteiger partial charge in [0.05, 0.1) is 6.61 Å². The molecule has 0 unspecified atom stereocenters. The number of hydrogen-bond donors (Lipinski definition) is 0. The first-order valence-electron chi connectivity index (χ1n) is 23.1. The topological polar surface area (TPSA) is 18.5 Å². The van der Waals surface area contributed by atoms with Crippen LogP contribution in [0.25, 0.3) is 11.1 Å². The van der Waals surface area contributed by atoms with Crippen LogP contribution in [0.2, 0.25) is 0 Å². The molecule has 0 aliphatic heterocycles. The second kappa shape index (κ2) is 26.7. The van der Waals surface area contributed by atoms with Crippen LogP contribution in [0.5, 0.6) is 11.5 Å². The minimum Gasteiger partial charge on any atom is -0.493 e. The van der Waals surface area contributed by atoms with E-state index in [-0.39, 0.29) is 0 Å². The zero-order valence-electron chi connectivity index (χ0n) is 36.4. The minimum atomic E-state index is -2.13. The summed E-state index contributed by atoms with van der Waals surface area (Å²) in [6.45, 7) is 11.8. The molecular weight excluding hydrogens is 736 g/mol. The van der Waals surface area contributed by atoms with Gasteiger partial charge in [-0.3, -0.25) is 0 Å². The quantitative estimate of drug-likeness (QED) is 0.0261. The van der Waals surface area contributed by atoms with Crippen LogP contribution >= 0.6 is 7.26 Å². The molecule has 0 bridgehead atoms. The van der Waals surface area contributed by atoms with Crippen molar-refractivity contribution >= 4 is 23.2 Å². The number of ether oxygens (including phenoxy) is 2. The second-order valence-corrected chi connectivity index (χ2v) is 20.4. The Morgan fingerprint density at radius 1 is 0.458 bits per heavy atom. The van der Waals surface area contributed by atoms with Gasteiger partial charge in [0.1, 0.15) is 5.75 Å². The van der Waals surface area contributed by atoms with E-state index in [9.17, 15) is 0 Å². The van der Waals surface area contributed by atoms with Gasteiger partial charge in [-0.05, 0) is 60.2 Å². The predicted octanol–water partition coefficient (Wildman–Crippen LogP) is 14.6. The largest absolute Gasteiger partial charge is 0.493 e. The van der Waals surface area contributed by atoms with Gasteiger partial charge in [0, 0.05) is 5.56 Å². The van der Waals surface area contributed by atoms with Gasteiger partial charge in [0.15, 0.2) is 0 Å². The average molecular weight is 809 g/mol. The first-order valence-corrected chi connectivity index (χ1v) is 25.3. The van der Waals surface area contributed by atoms with Crippen LogP contribution in [0, 0.1) is 0 Å². The van der Waals surface area contributed by atoms with E-state index in [0.717, 1.165) is 56.0 Å². The molecule has 0 aliphatic rings. The fourth-order valence-electron chi connectivity index (χ4n) is 8.68. The average Bonchev–Trinajstić information content (AvgIpc) is 3.28. The molecule has 0 saturated carbocycles. The van der Waals surface area contributed by atoms with Gasteiger partial charge in [-0.15, -0.1) is 13.2 Å². The van der Waals surface area contributed by atoms with Crippen molar-refractivity contribution in [3.63, 3.8) is 0 Å². The zero-order valence-corrected chi connectivity index (χ0v) is 37.4. The van der Waals surface area contributed by atoms with E-state index in [1.807, 2.05) is 12.2 Å². The van der Waals surface area contributed by atoms with Crippen molar-refractivity contribution in [1.29, 1.82) is 0 Å². The van der Waals surface area contributed by atoms with E-state index in [4.69, 9.17) is 9.47 Å². The normalized spacial score (nSPS) is 11.6. The summed E-state index contributed by atoms with van der Waals surface area (Å²) in [6, 6.07) is 47.3. The van der Waals surface area contributed by atoms with Gasteiger partial charge in [0.25, 0.3) is 0 Å². The van der Waals surface area contributed by atoms with E-state index in [0.29, 0.717) is 0 Å². The maximum Gasteiger partial charge on any atom is 0.122 e. The first-order chi connectivity index (χ1) is 29.2. The summed E-state index contributed by atoms with van der Waals surface area (Å²) in [4.78, 5) is 0. The maximum absolute atomic E-state index is 6.52. The van der Waals surface area contributed by atoms with Crippen molar-refractivity contribution in [3.8, 4) is 22.6 Å². The third-order valence-electron chi connectivity index (χ3n) is 11.9. The van der Waals surface area contributed by atoms with Crippen LogP contribution in [0.15, 0.2) is 153 Å². The molecule has 0 N–H and O–H groups in total.